The maximum atomic E-state index is 12.1. The summed E-state index contributed by atoms with van der Waals surface area (Å²) >= 11 is 9.11. The number of nitrogens with one attached hydrogen (secondary N) is 1. The Labute approximate surface area is 143 Å². The van der Waals surface area contributed by atoms with Crippen molar-refractivity contribution in [3.8, 4) is 0 Å². The molecule has 1 N–H and O–H groups in total. The van der Waals surface area contributed by atoms with E-state index in [4.69, 9.17) is 11.6 Å². The van der Waals surface area contributed by atoms with E-state index in [1.807, 2.05) is 24.5 Å². The van der Waals surface area contributed by atoms with Gasteiger partial charge in [-0.05, 0) is 11.8 Å². The van der Waals surface area contributed by atoms with E-state index in [9.17, 15) is 4.79 Å². The zero-order chi connectivity index (χ0) is 15.8. The van der Waals surface area contributed by atoms with E-state index < -0.39 is 0 Å². The van der Waals surface area contributed by atoms with Crippen LogP contribution in [0.4, 0.5) is 0 Å². The molecule has 22 heavy (non-hydrogen) atoms. The van der Waals surface area contributed by atoms with Crippen LogP contribution in [0.3, 0.4) is 0 Å². The standard InChI is InChI=1S/C15H16ClN3OS2/c1-21-15-18-9-12(16)13(19-15)14(20)17-7-8-22-10-11-5-3-2-4-6-11/h2-6,9H,7-8,10H2,1H3,(H,17,20). The van der Waals surface area contributed by atoms with Gasteiger partial charge in [-0.2, -0.15) is 11.8 Å². The third-order valence-corrected chi connectivity index (χ3v) is 4.63. The molecule has 1 aromatic heterocycles. The third-order valence-electron chi connectivity index (χ3n) is 2.76. The second kappa shape index (κ2) is 9.02. The molecule has 0 aliphatic rings. The average Bonchev–Trinajstić information content (AvgIpc) is 2.55. The first kappa shape index (κ1) is 17.1. The molecule has 0 unspecified atom stereocenters. The van der Waals surface area contributed by atoms with Crippen LogP contribution in [-0.4, -0.2) is 34.4 Å². The Morgan fingerprint density at radius 3 is 2.82 bits per heavy atom. The van der Waals surface area contributed by atoms with E-state index in [2.05, 4.69) is 27.4 Å². The maximum absolute atomic E-state index is 12.1. The lowest BCUT2D eigenvalue weighted by molar-refractivity contribution is 0.0950. The Morgan fingerprint density at radius 2 is 2.09 bits per heavy atom. The first-order valence-electron chi connectivity index (χ1n) is 6.67. The lowest BCUT2D eigenvalue weighted by Crippen LogP contribution is -2.27. The smallest absolute Gasteiger partial charge is 0.271 e. The van der Waals surface area contributed by atoms with Crippen molar-refractivity contribution in [2.24, 2.45) is 0 Å². The van der Waals surface area contributed by atoms with Gasteiger partial charge in [0.15, 0.2) is 10.9 Å². The number of nitrogens with zero attached hydrogens (tertiary/aromatic N) is 2. The zero-order valence-electron chi connectivity index (χ0n) is 12.1. The van der Waals surface area contributed by atoms with Crippen LogP contribution in [-0.2, 0) is 5.75 Å². The van der Waals surface area contributed by atoms with Crippen molar-refractivity contribution in [2.75, 3.05) is 18.6 Å². The maximum Gasteiger partial charge on any atom is 0.271 e. The van der Waals surface area contributed by atoms with Crippen LogP contribution in [0.25, 0.3) is 0 Å². The number of carbonyl (C=O) groups is 1. The number of rotatable bonds is 7. The van der Waals surface area contributed by atoms with Gasteiger partial charge in [0.25, 0.3) is 5.91 Å². The molecule has 1 amide bonds. The molecule has 0 aliphatic heterocycles. The van der Waals surface area contributed by atoms with E-state index in [0.29, 0.717) is 11.7 Å². The highest BCUT2D eigenvalue weighted by atomic mass is 35.5. The molecule has 0 bridgehead atoms. The Balaban J connectivity index is 1.76. The van der Waals surface area contributed by atoms with Crippen molar-refractivity contribution in [1.29, 1.82) is 0 Å². The normalized spacial score (nSPS) is 10.5. The highest BCUT2D eigenvalue weighted by Gasteiger charge is 2.13. The van der Waals surface area contributed by atoms with E-state index in [1.165, 1.54) is 23.5 Å². The summed E-state index contributed by atoms with van der Waals surface area (Å²) in [5.74, 6) is 1.50. The molecule has 0 atom stereocenters. The second-order valence-electron chi connectivity index (χ2n) is 4.35. The lowest BCUT2D eigenvalue weighted by atomic mass is 10.2. The van der Waals surface area contributed by atoms with E-state index in [0.717, 1.165) is 11.5 Å². The van der Waals surface area contributed by atoms with Crippen molar-refractivity contribution in [3.05, 3.63) is 52.8 Å². The van der Waals surface area contributed by atoms with E-state index >= 15 is 0 Å². The summed E-state index contributed by atoms with van der Waals surface area (Å²) in [7, 11) is 0. The largest absolute Gasteiger partial charge is 0.350 e. The molecule has 0 fully saturated rings. The fourth-order valence-electron chi connectivity index (χ4n) is 1.69. The van der Waals surface area contributed by atoms with Crippen LogP contribution in [0.1, 0.15) is 16.1 Å². The molecule has 4 nitrogen and oxygen atoms in total. The fraction of sp³-hybridized carbons (Fsp3) is 0.267. The van der Waals surface area contributed by atoms with Gasteiger partial charge in [0, 0.05) is 18.1 Å². The zero-order valence-corrected chi connectivity index (χ0v) is 14.5. The summed E-state index contributed by atoms with van der Waals surface area (Å²) < 4.78 is 0. The number of hydrogen-bond acceptors (Lipinski definition) is 5. The Bertz CT molecular complexity index is 625. The van der Waals surface area contributed by atoms with E-state index in [-0.39, 0.29) is 16.6 Å². The average molecular weight is 354 g/mol. The van der Waals surface area contributed by atoms with Gasteiger partial charge in [-0.1, -0.05) is 53.7 Å². The summed E-state index contributed by atoms with van der Waals surface area (Å²) in [6, 6.07) is 10.2. The van der Waals surface area contributed by atoms with Gasteiger partial charge < -0.3 is 5.32 Å². The molecule has 1 aromatic carbocycles. The van der Waals surface area contributed by atoms with Crippen LogP contribution < -0.4 is 5.32 Å². The minimum atomic E-state index is -0.261. The summed E-state index contributed by atoms with van der Waals surface area (Å²) in [4.78, 5) is 20.2. The minimum absolute atomic E-state index is 0.231. The predicted octanol–water partition coefficient (Wildman–Crippen LogP) is 3.52. The molecular weight excluding hydrogens is 338 g/mol. The lowest BCUT2D eigenvalue weighted by Gasteiger charge is -2.07. The van der Waals surface area contributed by atoms with Gasteiger partial charge in [0.1, 0.15) is 0 Å². The van der Waals surface area contributed by atoms with Gasteiger partial charge in [0.2, 0.25) is 0 Å². The van der Waals surface area contributed by atoms with Crippen molar-refractivity contribution >= 4 is 41.0 Å². The molecule has 7 heteroatoms. The molecule has 0 aliphatic carbocycles. The number of thioether (sulfide) groups is 2. The molecule has 0 spiro atoms. The van der Waals surface area contributed by atoms with Gasteiger partial charge in [-0.15, -0.1) is 0 Å². The van der Waals surface area contributed by atoms with Crippen LogP contribution in [0.2, 0.25) is 5.02 Å². The van der Waals surface area contributed by atoms with Crippen LogP contribution >= 0.6 is 35.1 Å². The van der Waals surface area contributed by atoms with Crippen LogP contribution in [0.15, 0.2) is 41.7 Å². The van der Waals surface area contributed by atoms with Gasteiger partial charge in [0.05, 0.1) is 11.2 Å². The summed E-state index contributed by atoms with van der Waals surface area (Å²) in [6.07, 6.45) is 3.31. The van der Waals surface area contributed by atoms with Crippen LogP contribution in [0.5, 0.6) is 0 Å². The summed E-state index contributed by atoms with van der Waals surface area (Å²) in [5.41, 5.74) is 1.51. The summed E-state index contributed by atoms with van der Waals surface area (Å²) in [6.45, 7) is 0.575. The fourth-order valence-corrected chi connectivity index (χ4v) is 3.03. The highest BCUT2D eigenvalue weighted by molar-refractivity contribution is 7.98. The van der Waals surface area contributed by atoms with Crippen molar-refractivity contribution in [1.82, 2.24) is 15.3 Å². The Hall–Kier alpha value is -1.24. The first-order chi connectivity index (χ1) is 10.7. The number of hydrogen-bond donors (Lipinski definition) is 1. The molecule has 2 rings (SSSR count). The minimum Gasteiger partial charge on any atom is -0.350 e. The number of aromatic nitrogens is 2. The topological polar surface area (TPSA) is 54.9 Å². The number of carbonyl (C=O) groups excluding carboxylic acids is 1. The van der Waals surface area contributed by atoms with E-state index in [1.54, 1.807) is 11.8 Å². The van der Waals surface area contributed by atoms with Crippen molar-refractivity contribution < 1.29 is 4.79 Å². The molecular formula is C15H16ClN3OS2. The number of amides is 1. The van der Waals surface area contributed by atoms with Gasteiger partial charge in [-0.3, -0.25) is 4.79 Å². The Kier molecular flexibility index (Phi) is 7.02. The Morgan fingerprint density at radius 1 is 1.32 bits per heavy atom. The van der Waals surface area contributed by atoms with Crippen molar-refractivity contribution in [3.63, 3.8) is 0 Å². The molecule has 1 heterocycles. The molecule has 116 valence electrons. The predicted molar refractivity (Wildman–Crippen MR) is 93.8 cm³/mol. The first-order valence-corrected chi connectivity index (χ1v) is 9.43. The molecule has 0 radical (unpaired) electrons. The third kappa shape index (κ3) is 5.19. The van der Waals surface area contributed by atoms with Crippen molar-refractivity contribution in [2.45, 2.75) is 10.9 Å². The monoisotopic (exact) mass is 353 g/mol. The highest BCUT2D eigenvalue weighted by Crippen LogP contribution is 2.16. The number of halogens is 1. The van der Waals surface area contributed by atoms with Gasteiger partial charge in [-0.25, -0.2) is 9.97 Å². The molecule has 0 saturated carbocycles. The molecule has 2 aromatic rings. The SMILES string of the molecule is CSc1ncc(Cl)c(C(=O)NCCSCc2ccccc2)n1. The summed E-state index contributed by atoms with van der Waals surface area (Å²) in [5, 5.41) is 3.64. The quantitative estimate of drug-likeness (QED) is 0.469. The second-order valence-corrected chi connectivity index (χ2v) is 6.63. The molecule has 0 saturated heterocycles. The van der Waals surface area contributed by atoms with Gasteiger partial charge >= 0.3 is 0 Å². The number of benzene rings is 1. The van der Waals surface area contributed by atoms with Crippen LogP contribution in [0, 0.1) is 0 Å².